The Labute approximate surface area is 192 Å². The highest BCUT2D eigenvalue weighted by Crippen LogP contribution is 2.29. The number of nitrogens with two attached hydrogens (primary N) is 1. The predicted octanol–water partition coefficient (Wildman–Crippen LogP) is 3.16. The van der Waals surface area contributed by atoms with E-state index in [2.05, 4.69) is 10.3 Å². The van der Waals surface area contributed by atoms with E-state index in [-0.39, 0.29) is 24.2 Å². The molecule has 3 heterocycles. The molecular weight excluding hydrogens is 418 g/mol. The summed E-state index contributed by atoms with van der Waals surface area (Å²) in [6.07, 6.45) is 1.80. The van der Waals surface area contributed by atoms with E-state index in [1.165, 1.54) is 0 Å². The lowest BCUT2D eigenvalue weighted by atomic mass is 9.99. The zero-order valence-corrected chi connectivity index (χ0v) is 18.6. The van der Waals surface area contributed by atoms with Crippen molar-refractivity contribution in [2.24, 2.45) is 5.73 Å². The van der Waals surface area contributed by atoms with Gasteiger partial charge in [0.25, 0.3) is 0 Å². The zero-order valence-electron chi connectivity index (χ0n) is 18.6. The lowest BCUT2D eigenvalue weighted by Crippen LogP contribution is -2.28. The number of primary amides is 1. The minimum Gasteiger partial charge on any atom is -0.366 e. The van der Waals surface area contributed by atoms with Crippen LogP contribution in [-0.2, 0) is 9.59 Å². The van der Waals surface area contributed by atoms with Gasteiger partial charge in [0, 0.05) is 48.6 Å². The van der Waals surface area contributed by atoms with Crippen molar-refractivity contribution in [1.29, 1.82) is 0 Å². The normalized spacial score (nSPS) is 15.5. The molecule has 1 aromatic carbocycles. The van der Waals surface area contributed by atoms with Crippen molar-refractivity contribution in [3.63, 3.8) is 0 Å². The number of carbonyl (C=O) groups is 3. The van der Waals surface area contributed by atoms with Gasteiger partial charge in [-0.3, -0.25) is 19.4 Å². The van der Waals surface area contributed by atoms with Crippen molar-refractivity contribution >= 4 is 34.4 Å². The molecule has 1 saturated heterocycles. The van der Waals surface area contributed by atoms with E-state index in [0.717, 1.165) is 28.7 Å². The summed E-state index contributed by atoms with van der Waals surface area (Å²) in [4.78, 5) is 47.6. The van der Waals surface area contributed by atoms with Crippen LogP contribution in [0.2, 0.25) is 0 Å². The maximum Gasteiger partial charge on any atom is 0.249 e. The summed E-state index contributed by atoms with van der Waals surface area (Å²) < 4.78 is 0. The fourth-order valence-corrected chi connectivity index (χ4v) is 4.21. The molecule has 33 heavy (non-hydrogen) atoms. The zero-order chi connectivity index (χ0) is 23.4. The third kappa shape index (κ3) is 5.34. The Morgan fingerprint density at radius 3 is 2.70 bits per heavy atom. The number of pyridine rings is 2. The lowest BCUT2D eigenvalue weighted by Gasteiger charge is -2.17. The van der Waals surface area contributed by atoms with Gasteiger partial charge < -0.3 is 16.0 Å². The number of hydrogen-bond donors (Lipinski definition) is 2. The number of anilines is 1. The smallest absolute Gasteiger partial charge is 0.249 e. The van der Waals surface area contributed by atoms with E-state index in [9.17, 15) is 14.4 Å². The van der Waals surface area contributed by atoms with Crippen LogP contribution in [0, 0.1) is 6.92 Å². The molecule has 8 heteroatoms. The first kappa shape index (κ1) is 22.4. The van der Waals surface area contributed by atoms with E-state index >= 15 is 0 Å². The van der Waals surface area contributed by atoms with Crippen LogP contribution >= 0.6 is 0 Å². The van der Waals surface area contributed by atoms with Gasteiger partial charge in [0.15, 0.2) is 0 Å². The summed E-state index contributed by atoms with van der Waals surface area (Å²) in [7, 11) is 0. The topological polar surface area (TPSA) is 118 Å². The van der Waals surface area contributed by atoms with E-state index in [1.807, 2.05) is 48.2 Å². The molecule has 0 saturated carbocycles. The molecule has 4 rings (SSSR count). The number of aromatic nitrogens is 2. The molecule has 0 spiro atoms. The van der Waals surface area contributed by atoms with E-state index in [0.29, 0.717) is 37.3 Å². The highest BCUT2D eigenvalue weighted by molar-refractivity contribution is 6.05. The number of nitrogens with zero attached hydrogens (tertiary/aromatic N) is 3. The predicted molar refractivity (Wildman–Crippen MR) is 126 cm³/mol. The average molecular weight is 446 g/mol. The number of amides is 3. The van der Waals surface area contributed by atoms with Crippen LogP contribution in [0.4, 0.5) is 5.82 Å². The Morgan fingerprint density at radius 2 is 1.91 bits per heavy atom. The van der Waals surface area contributed by atoms with Crippen molar-refractivity contribution < 1.29 is 14.4 Å². The van der Waals surface area contributed by atoms with Gasteiger partial charge in [-0.25, -0.2) is 4.98 Å². The van der Waals surface area contributed by atoms with Gasteiger partial charge in [-0.15, -0.1) is 0 Å². The summed E-state index contributed by atoms with van der Waals surface area (Å²) in [6.45, 7) is 3.03. The first-order valence-corrected chi connectivity index (χ1v) is 11.1. The van der Waals surface area contributed by atoms with Crippen molar-refractivity contribution in [1.82, 2.24) is 14.9 Å². The van der Waals surface area contributed by atoms with Crippen molar-refractivity contribution in [2.45, 2.75) is 38.5 Å². The molecule has 1 aliphatic rings. The number of benzene rings is 1. The Morgan fingerprint density at radius 1 is 1.09 bits per heavy atom. The van der Waals surface area contributed by atoms with Gasteiger partial charge >= 0.3 is 0 Å². The number of fused-ring (bicyclic) bond motifs is 1. The quantitative estimate of drug-likeness (QED) is 0.579. The second-order valence-electron chi connectivity index (χ2n) is 8.37. The number of nitrogens with one attached hydrogen (secondary N) is 1. The monoisotopic (exact) mass is 445 g/mol. The fraction of sp³-hybridized carbons (Fsp3) is 0.320. The van der Waals surface area contributed by atoms with Crippen LogP contribution in [0.3, 0.4) is 0 Å². The second kappa shape index (κ2) is 9.77. The number of carbonyl (C=O) groups excluding carboxylic acids is 3. The highest BCUT2D eigenvalue weighted by Gasteiger charge is 2.29. The molecule has 1 aliphatic heterocycles. The molecule has 3 aromatic rings. The Kier molecular flexibility index (Phi) is 6.63. The largest absolute Gasteiger partial charge is 0.366 e. The number of rotatable bonds is 7. The van der Waals surface area contributed by atoms with Crippen molar-refractivity contribution in [3.05, 3.63) is 65.5 Å². The van der Waals surface area contributed by atoms with E-state index < -0.39 is 5.91 Å². The molecular formula is C25H27N5O3. The van der Waals surface area contributed by atoms with Crippen molar-refractivity contribution in [2.75, 3.05) is 18.4 Å². The van der Waals surface area contributed by atoms with Crippen LogP contribution in [0.5, 0.6) is 0 Å². The number of hydrogen-bond acceptors (Lipinski definition) is 5. The molecule has 3 amide bonds. The molecule has 1 unspecified atom stereocenters. The van der Waals surface area contributed by atoms with Crippen molar-refractivity contribution in [3.8, 4) is 0 Å². The molecule has 0 radical (unpaired) electrons. The molecule has 0 aliphatic carbocycles. The minimum absolute atomic E-state index is 0.0231. The molecule has 3 N–H and O–H groups in total. The summed E-state index contributed by atoms with van der Waals surface area (Å²) >= 11 is 0. The molecule has 2 aromatic heterocycles. The first-order chi connectivity index (χ1) is 15.9. The average Bonchev–Trinajstić information content (AvgIpc) is 3.28. The van der Waals surface area contributed by atoms with Crippen LogP contribution in [0.1, 0.15) is 53.3 Å². The van der Waals surface area contributed by atoms with Gasteiger partial charge in [-0.05, 0) is 44.0 Å². The fourth-order valence-electron chi connectivity index (χ4n) is 4.21. The Hall–Kier alpha value is -3.81. The second-order valence-corrected chi connectivity index (χ2v) is 8.37. The first-order valence-electron chi connectivity index (χ1n) is 11.1. The summed E-state index contributed by atoms with van der Waals surface area (Å²) in [6, 6.07) is 14.6. The number of likely N-dealkylation sites (tertiary alicyclic amines) is 1. The lowest BCUT2D eigenvalue weighted by molar-refractivity contribution is -0.130. The molecule has 0 bridgehead atoms. The van der Waals surface area contributed by atoms with Crippen LogP contribution in [0.15, 0.2) is 48.5 Å². The highest BCUT2D eigenvalue weighted by atomic mass is 16.2. The molecule has 1 atom stereocenters. The maximum atomic E-state index is 12.7. The van der Waals surface area contributed by atoms with E-state index in [1.54, 1.807) is 12.1 Å². The summed E-state index contributed by atoms with van der Waals surface area (Å²) in [5, 5.41) is 3.50. The SMILES string of the molecule is Cc1cccc(NC(=O)CCCC(=O)N2CCC(c3cc(C(N)=O)c4ccccc4n3)C2)n1. The number of para-hydroxylation sites is 1. The van der Waals surface area contributed by atoms with Gasteiger partial charge in [-0.1, -0.05) is 24.3 Å². The summed E-state index contributed by atoms with van der Waals surface area (Å²) in [5.74, 6) is -0.0476. The molecule has 8 nitrogen and oxygen atoms in total. The van der Waals surface area contributed by atoms with Gasteiger partial charge in [-0.2, -0.15) is 0 Å². The molecule has 1 fully saturated rings. The minimum atomic E-state index is -0.486. The maximum absolute atomic E-state index is 12.7. The van der Waals surface area contributed by atoms with Gasteiger partial charge in [0.05, 0.1) is 11.1 Å². The number of aryl methyl sites for hydroxylation is 1. The van der Waals surface area contributed by atoms with Gasteiger partial charge in [0.2, 0.25) is 17.7 Å². The van der Waals surface area contributed by atoms with Gasteiger partial charge in [0.1, 0.15) is 5.82 Å². The third-order valence-electron chi connectivity index (χ3n) is 5.91. The summed E-state index contributed by atoms with van der Waals surface area (Å²) in [5.41, 5.74) is 8.38. The van der Waals surface area contributed by atoms with Crippen LogP contribution in [-0.4, -0.2) is 45.7 Å². The third-order valence-corrected chi connectivity index (χ3v) is 5.91. The van der Waals surface area contributed by atoms with Crippen LogP contribution < -0.4 is 11.1 Å². The molecule has 170 valence electrons. The van der Waals surface area contributed by atoms with Crippen LogP contribution in [0.25, 0.3) is 10.9 Å². The Balaban J connectivity index is 1.32. The standard InChI is InChI=1S/C25H27N5O3/c1-16-6-4-9-22(27-16)29-23(31)10-5-11-24(32)30-13-12-17(15-30)21-14-19(25(26)33)18-7-2-3-8-20(18)28-21/h2-4,6-9,14,17H,5,10-13,15H2,1H3,(H2,26,33)(H,27,29,31). The van der Waals surface area contributed by atoms with E-state index in [4.69, 9.17) is 10.7 Å². The Bertz CT molecular complexity index is 1210.